The molecule has 0 unspecified atom stereocenters. The first kappa shape index (κ1) is 13.7. The van der Waals surface area contributed by atoms with E-state index in [-0.39, 0.29) is 24.5 Å². The minimum absolute atomic E-state index is 0.215. The van der Waals surface area contributed by atoms with Crippen LogP contribution in [-0.4, -0.2) is 35.6 Å². The van der Waals surface area contributed by atoms with Gasteiger partial charge in [-0.15, -0.1) is 5.10 Å². The van der Waals surface area contributed by atoms with E-state index >= 15 is 0 Å². The van der Waals surface area contributed by atoms with Gasteiger partial charge in [-0.25, -0.2) is 9.67 Å². The molecule has 106 valence electrons. The van der Waals surface area contributed by atoms with Gasteiger partial charge >= 0.3 is 5.97 Å². The maximum Gasteiger partial charge on any atom is 0.325 e. The van der Waals surface area contributed by atoms with E-state index in [0.717, 1.165) is 0 Å². The van der Waals surface area contributed by atoms with Crippen LogP contribution in [0.15, 0.2) is 23.4 Å². The Bertz CT molecular complexity index is 662. The summed E-state index contributed by atoms with van der Waals surface area (Å²) >= 11 is 0. The van der Waals surface area contributed by atoms with E-state index < -0.39 is 5.97 Å². The lowest BCUT2D eigenvalue weighted by molar-refractivity contribution is -0.137. The van der Waals surface area contributed by atoms with Crippen LogP contribution in [0.4, 0.5) is 5.82 Å². The van der Waals surface area contributed by atoms with Crippen LogP contribution in [-0.2, 0) is 24.4 Å². The number of aliphatic carboxylic acids is 1. The minimum atomic E-state index is -0.995. The van der Waals surface area contributed by atoms with Gasteiger partial charge in [0.2, 0.25) is 0 Å². The van der Waals surface area contributed by atoms with Gasteiger partial charge in [0.05, 0.1) is 12.7 Å². The molecule has 0 fully saturated rings. The number of carboxylic acid groups (broad SMARTS) is 1. The third-order valence-electron chi connectivity index (χ3n) is 2.57. The summed E-state index contributed by atoms with van der Waals surface area (Å²) in [5.74, 6) is -0.771. The predicted octanol–water partition coefficient (Wildman–Crippen LogP) is -0.449. The number of aromatic nitrogens is 5. The van der Waals surface area contributed by atoms with Crippen molar-refractivity contribution in [3.63, 3.8) is 0 Å². The second-order valence-electron chi connectivity index (χ2n) is 4.02. The van der Waals surface area contributed by atoms with Crippen LogP contribution in [0.2, 0.25) is 0 Å². The van der Waals surface area contributed by atoms with Crippen LogP contribution in [0.1, 0.15) is 12.6 Å². The van der Waals surface area contributed by atoms with Crippen LogP contribution >= 0.6 is 0 Å². The van der Waals surface area contributed by atoms with Gasteiger partial charge in [-0.05, 0) is 6.92 Å². The van der Waals surface area contributed by atoms with Crippen LogP contribution in [0.25, 0.3) is 0 Å². The Morgan fingerprint density at radius 1 is 1.50 bits per heavy atom. The van der Waals surface area contributed by atoms with E-state index in [9.17, 15) is 9.59 Å². The van der Waals surface area contributed by atoms with Gasteiger partial charge in [-0.3, -0.25) is 9.59 Å². The molecule has 0 aliphatic carbocycles. The lowest BCUT2D eigenvalue weighted by Gasteiger charge is -2.05. The van der Waals surface area contributed by atoms with Gasteiger partial charge in [0.15, 0.2) is 5.82 Å². The average molecular weight is 278 g/mol. The number of carbonyl (C=O) groups is 1. The quantitative estimate of drug-likeness (QED) is 0.735. The largest absolute Gasteiger partial charge is 0.480 e. The normalized spacial score (nSPS) is 10.4. The Balaban J connectivity index is 2.04. The molecule has 2 N–H and O–H groups in total. The number of anilines is 1. The molecule has 0 radical (unpaired) electrons. The van der Waals surface area contributed by atoms with E-state index in [4.69, 9.17) is 5.11 Å². The van der Waals surface area contributed by atoms with Crippen molar-refractivity contribution in [3.8, 4) is 0 Å². The molecule has 0 aliphatic heterocycles. The Hall–Kier alpha value is -2.71. The van der Waals surface area contributed by atoms with Crippen LogP contribution in [0, 0.1) is 0 Å². The number of rotatable bonds is 6. The maximum absolute atomic E-state index is 11.9. The molecule has 9 nitrogen and oxygen atoms in total. The van der Waals surface area contributed by atoms with Crippen molar-refractivity contribution in [2.45, 2.75) is 26.6 Å². The Morgan fingerprint density at radius 2 is 2.30 bits per heavy atom. The molecule has 2 aromatic heterocycles. The van der Waals surface area contributed by atoms with Gasteiger partial charge in [0.25, 0.3) is 5.56 Å². The molecule has 0 saturated heterocycles. The first-order chi connectivity index (χ1) is 9.60. The molecule has 2 rings (SSSR count). The molecule has 0 amide bonds. The van der Waals surface area contributed by atoms with Crippen molar-refractivity contribution < 1.29 is 9.90 Å². The van der Waals surface area contributed by atoms with Crippen molar-refractivity contribution in [2.24, 2.45) is 0 Å². The van der Waals surface area contributed by atoms with Crippen molar-refractivity contribution >= 4 is 11.8 Å². The standard InChI is InChI=1S/C11H14N6O3/c1-2-16-4-3-12-10(11(16)20)13-5-8-6-17(15-14-8)7-9(18)19/h3-4,6H,2,5,7H2,1H3,(H,12,13)(H,18,19). The summed E-state index contributed by atoms with van der Waals surface area (Å²) in [6, 6.07) is 0. The molecule has 0 saturated carbocycles. The Labute approximate surface area is 113 Å². The summed E-state index contributed by atoms with van der Waals surface area (Å²) in [5.41, 5.74) is 0.312. The van der Waals surface area contributed by atoms with E-state index in [1.165, 1.54) is 21.6 Å². The lowest BCUT2D eigenvalue weighted by atomic mass is 10.4. The number of hydrogen-bond donors (Lipinski definition) is 2. The minimum Gasteiger partial charge on any atom is -0.480 e. The summed E-state index contributed by atoms with van der Waals surface area (Å²) in [4.78, 5) is 26.4. The molecule has 20 heavy (non-hydrogen) atoms. The lowest BCUT2D eigenvalue weighted by Crippen LogP contribution is -2.23. The van der Waals surface area contributed by atoms with Gasteiger partial charge in [0, 0.05) is 18.9 Å². The second-order valence-corrected chi connectivity index (χ2v) is 4.02. The zero-order valence-corrected chi connectivity index (χ0v) is 10.9. The van der Waals surface area contributed by atoms with Gasteiger partial charge in [0.1, 0.15) is 12.2 Å². The SMILES string of the molecule is CCn1ccnc(NCc2cn(CC(=O)O)nn2)c1=O. The van der Waals surface area contributed by atoms with E-state index in [1.54, 1.807) is 6.20 Å². The molecule has 0 atom stereocenters. The topological polar surface area (TPSA) is 115 Å². The smallest absolute Gasteiger partial charge is 0.325 e. The number of nitrogens with one attached hydrogen (secondary N) is 1. The second kappa shape index (κ2) is 5.95. The summed E-state index contributed by atoms with van der Waals surface area (Å²) in [5, 5.41) is 19.0. The number of aryl methyl sites for hydroxylation is 1. The molecular formula is C11H14N6O3. The van der Waals surface area contributed by atoms with Crippen LogP contribution in [0.3, 0.4) is 0 Å². The highest BCUT2D eigenvalue weighted by atomic mass is 16.4. The summed E-state index contributed by atoms with van der Waals surface area (Å²) in [6.07, 6.45) is 4.65. The number of carboxylic acids is 1. The molecule has 0 aliphatic rings. The molecule has 0 bridgehead atoms. The number of hydrogen-bond acceptors (Lipinski definition) is 6. The highest BCUT2D eigenvalue weighted by Gasteiger charge is 2.07. The maximum atomic E-state index is 11.9. The monoisotopic (exact) mass is 278 g/mol. The van der Waals surface area contributed by atoms with E-state index in [1.807, 2.05) is 6.92 Å². The molecule has 0 spiro atoms. The van der Waals surface area contributed by atoms with Crippen molar-refractivity contribution in [1.82, 2.24) is 24.5 Å². The first-order valence-electron chi connectivity index (χ1n) is 6.00. The van der Waals surface area contributed by atoms with E-state index in [0.29, 0.717) is 12.2 Å². The van der Waals surface area contributed by atoms with Gasteiger partial charge < -0.3 is 15.0 Å². The highest BCUT2D eigenvalue weighted by Crippen LogP contribution is 1.99. The van der Waals surface area contributed by atoms with Crippen LogP contribution < -0.4 is 10.9 Å². The van der Waals surface area contributed by atoms with Crippen molar-refractivity contribution in [3.05, 3.63) is 34.6 Å². The molecule has 2 aromatic rings. The third kappa shape index (κ3) is 3.19. The summed E-state index contributed by atoms with van der Waals surface area (Å²) in [6.45, 7) is 2.42. The third-order valence-corrected chi connectivity index (χ3v) is 2.57. The summed E-state index contributed by atoms with van der Waals surface area (Å²) in [7, 11) is 0. The molecule has 2 heterocycles. The summed E-state index contributed by atoms with van der Waals surface area (Å²) < 4.78 is 2.73. The van der Waals surface area contributed by atoms with Crippen molar-refractivity contribution in [2.75, 3.05) is 5.32 Å². The van der Waals surface area contributed by atoms with Gasteiger partial charge in [-0.2, -0.15) is 0 Å². The first-order valence-corrected chi connectivity index (χ1v) is 6.00. The molecule has 0 aromatic carbocycles. The van der Waals surface area contributed by atoms with Crippen molar-refractivity contribution in [1.29, 1.82) is 0 Å². The zero-order valence-electron chi connectivity index (χ0n) is 10.9. The number of nitrogens with zero attached hydrogens (tertiary/aromatic N) is 5. The fourth-order valence-corrected chi connectivity index (χ4v) is 1.63. The van der Waals surface area contributed by atoms with E-state index in [2.05, 4.69) is 20.6 Å². The predicted molar refractivity (Wildman–Crippen MR) is 69.2 cm³/mol. The zero-order chi connectivity index (χ0) is 14.5. The Morgan fingerprint density at radius 3 is 3.00 bits per heavy atom. The fourth-order valence-electron chi connectivity index (χ4n) is 1.63. The van der Waals surface area contributed by atoms with Gasteiger partial charge in [-0.1, -0.05) is 5.21 Å². The molecular weight excluding hydrogens is 264 g/mol. The Kier molecular flexibility index (Phi) is 4.08. The molecule has 9 heteroatoms. The average Bonchev–Trinajstić information content (AvgIpc) is 2.84. The highest BCUT2D eigenvalue weighted by molar-refractivity contribution is 5.66. The van der Waals surface area contributed by atoms with Crippen LogP contribution in [0.5, 0.6) is 0 Å². The fraction of sp³-hybridized carbons (Fsp3) is 0.364.